The summed E-state index contributed by atoms with van der Waals surface area (Å²) in [7, 11) is 0. The molecular formula is C23H45FN6O12. The molecule has 18 N–H and O–H groups in total. The number of alkyl halides is 1. The largest absolute Gasteiger partial charge is 0.394 e. The van der Waals surface area contributed by atoms with Crippen molar-refractivity contribution in [2.24, 2.45) is 34.4 Å². The first-order chi connectivity index (χ1) is 19.8. The SMILES string of the molecule is NC[C@@H]1O[C@H](O[C@H]2[C@@H](O)[C@H](O[C@@H]3[C@@H](O)[C@H](N)C[C@H](N)[C@H]3O[C@H]3O[C@H](CN)[C@H](O)[C@H](F)[C@H]3N)O[C@@H]2CO)[C@H](N)[C@@H](O)[C@@H]1O. The van der Waals surface area contributed by atoms with Crippen LogP contribution in [0.5, 0.6) is 0 Å². The van der Waals surface area contributed by atoms with E-state index in [4.69, 9.17) is 62.8 Å². The quantitative estimate of drug-likeness (QED) is 0.114. The second-order valence-corrected chi connectivity index (χ2v) is 11.2. The number of aliphatic hydroxyl groups is 6. The molecule has 0 radical (unpaired) electrons. The Morgan fingerprint density at radius 3 is 1.71 bits per heavy atom. The summed E-state index contributed by atoms with van der Waals surface area (Å²) < 4.78 is 49.1. The van der Waals surface area contributed by atoms with Crippen LogP contribution >= 0.6 is 0 Å². The third-order valence-corrected chi connectivity index (χ3v) is 8.32. The fraction of sp³-hybridized carbons (Fsp3) is 1.00. The van der Waals surface area contributed by atoms with Crippen LogP contribution in [0.2, 0.25) is 0 Å². The molecule has 0 bridgehead atoms. The van der Waals surface area contributed by atoms with E-state index in [1.54, 1.807) is 0 Å². The minimum atomic E-state index is -1.95. The summed E-state index contributed by atoms with van der Waals surface area (Å²) in [6.07, 6.45) is -21.0. The van der Waals surface area contributed by atoms with Gasteiger partial charge in [-0.3, -0.25) is 0 Å². The molecule has 1 saturated carbocycles. The van der Waals surface area contributed by atoms with Gasteiger partial charge in [0.1, 0.15) is 67.2 Å². The predicted molar refractivity (Wildman–Crippen MR) is 137 cm³/mol. The smallest absolute Gasteiger partial charge is 0.187 e. The predicted octanol–water partition coefficient (Wildman–Crippen LogP) is -7.92. The Kier molecular flexibility index (Phi) is 11.4. The molecule has 4 rings (SSSR count). The lowest BCUT2D eigenvalue weighted by molar-refractivity contribution is -0.302. The maximum atomic E-state index is 14.7. The van der Waals surface area contributed by atoms with Crippen molar-refractivity contribution in [2.75, 3.05) is 19.7 Å². The Hall–Kier alpha value is -0.790. The van der Waals surface area contributed by atoms with Gasteiger partial charge in [0.2, 0.25) is 0 Å². The molecule has 1 aliphatic carbocycles. The Labute approximate surface area is 240 Å². The van der Waals surface area contributed by atoms with E-state index in [0.29, 0.717) is 0 Å². The van der Waals surface area contributed by atoms with Crippen LogP contribution in [0.4, 0.5) is 4.39 Å². The van der Waals surface area contributed by atoms with E-state index < -0.39 is 123 Å². The first-order valence-corrected chi connectivity index (χ1v) is 13.8. The Morgan fingerprint density at radius 1 is 0.595 bits per heavy atom. The summed E-state index contributed by atoms with van der Waals surface area (Å²) in [5.74, 6) is 0. The highest BCUT2D eigenvalue weighted by molar-refractivity contribution is 5.02. The van der Waals surface area contributed by atoms with E-state index in [-0.39, 0.29) is 19.5 Å². The van der Waals surface area contributed by atoms with Gasteiger partial charge in [-0.1, -0.05) is 0 Å². The van der Waals surface area contributed by atoms with Crippen molar-refractivity contribution in [3.8, 4) is 0 Å². The topological polar surface area (TPSA) is 333 Å². The number of nitrogens with two attached hydrogens (primary N) is 6. The monoisotopic (exact) mass is 616 g/mol. The van der Waals surface area contributed by atoms with E-state index in [2.05, 4.69) is 0 Å². The highest BCUT2D eigenvalue weighted by Crippen LogP contribution is 2.34. The summed E-state index contributed by atoms with van der Waals surface area (Å²) in [5.41, 5.74) is 35.4. The maximum absolute atomic E-state index is 14.7. The van der Waals surface area contributed by atoms with Crippen LogP contribution in [0.15, 0.2) is 0 Å². The molecule has 3 aliphatic heterocycles. The molecular weight excluding hydrogens is 571 g/mol. The zero-order valence-corrected chi connectivity index (χ0v) is 22.8. The van der Waals surface area contributed by atoms with Crippen LogP contribution in [0.1, 0.15) is 6.42 Å². The number of rotatable bonds is 9. The zero-order chi connectivity index (χ0) is 31.0. The lowest BCUT2D eigenvalue weighted by Crippen LogP contribution is -2.67. The molecule has 4 aliphatic rings. The van der Waals surface area contributed by atoms with Gasteiger partial charge in [0.05, 0.1) is 24.8 Å². The number of halogens is 1. The maximum Gasteiger partial charge on any atom is 0.187 e. The first kappa shape index (κ1) is 34.1. The van der Waals surface area contributed by atoms with Crippen LogP contribution in [-0.4, -0.2) is 167 Å². The van der Waals surface area contributed by atoms with Crippen molar-refractivity contribution >= 4 is 0 Å². The van der Waals surface area contributed by atoms with E-state index in [9.17, 15) is 35.0 Å². The fourth-order valence-electron chi connectivity index (χ4n) is 5.72. The van der Waals surface area contributed by atoms with E-state index >= 15 is 0 Å². The lowest BCUT2D eigenvalue weighted by atomic mass is 9.84. The van der Waals surface area contributed by atoms with Crippen LogP contribution in [0.25, 0.3) is 0 Å². The molecule has 0 aromatic rings. The molecule has 42 heavy (non-hydrogen) atoms. The highest BCUT2D eigenvalue weighted by Gasteiger charge is 2.54. The van der Waals surface area contributed by atoms with Crippen LogP contribution < -0.4 is 34.4 Å². The number of hydrogen-bond donors (Lipinski definition) is 12. The number of aliphatic hydroxyl groups excluding tert-OH is 6. The molecule has 0 unspecified atom stereocenters. The highest BCUT2D eigenvalue weighted by atomic mass is 19.1. The molecule has 3 heterocycles. The molecule has 4 fully saturated rings. The molecule has 0 aromatic carbocycles. The lowest BCUT2D eigenvalue weighted by Gasteiger charge is -2.47. The molecule has 18 nitrogen and oxygen atoms in total. The van der Waals surface area contributed by atoms with Gasteiger partial charge in [0.15, 0.2) is 18.9 Å². The van der Waals surface area contributed by atoms with Crippen molar-refractivity contribution < 1.29 is 63.5 Å². The number of hydrogen-bond acceptors (Lipinski definition) is 18. The average Bonchev–Trinajstić information content (AvgIpc) is 3.27. The number of ether oxygens (including phenoxy) is 6. The fourth-order valence-corrected chi connectivity index (χ4v) is 5.72. The van der Waals surface area contributed by atoms with Crippen LogP contribution in [0, 0.1) is 0 Å². The molecule has 0 amide bonds. The Bertz CT molecular complexity index is 873. The van der Waals surface area contributed by atoms with Crippen molar-refractivity contribution in [3.63, 3.8) is 0 Å². The molecule has 246 valence electrons. The van der Waals surface area contributed by atoms with Gasteiger partial charge < -0.3 is 93.5 Å². The second kappa shape index (κ2) is 14.1. The van der Waals surface area contributed by atoms with Gasteiger partial charge in [0.25, 0.3) is 0 Å². The van der Waals surface area contributed by atoms with Crippen molar-refractivity contribution in [1.29, 1.82) is 0 Å². The Balaban J connectivity index is 1.50. The van der Waals surface area contributed by atoms with E-state index in [1.165, 1.54) is 0 Å². The van der Waals surface area contributed by atoms with Gasteiger partial charge >= 0.3 is 0 Å². The van der Waals surface area contributed by atoms with E-state index in [0.717, 1.165) is 0 Å². The molecule has 3 saturated heterocycles. The minimum Gasteiger partial charge on any atom is -0.394 e. The van der Waals surface area contributed by atoms with Crippen molar-refractivity contribution in [1.82, 2.24) is 0 Å². The third-order valence-electron chi connectivity index (χ3n) is 8.32. The van der Waals surface area contributed by atoms with Gasteiger partial charge in [0, 0.05) is 25.2 Å². The summed E-state index contributed by atoms with van der Waals surface area (Å²) in [5, 5.41) is 62.4. The Morgan fingerprint density at radius 2 is 1.12 bits per heavy atom. The van der Waals surface area contributed by atoms with Crippen molar-refractivity contribution in [3.05, 3.63) is 0 Å². The molecule has 0 spiro atoms. The van der Waals surface area contributed by atoms with Gasteiger partial charge in [-0.05, 0) is 6.42 Å². The molecule has 19 atom stereocenters. The summed E-state index contributed by atoms with van der Waals surface area (Å²) in [6, 6.07) is -4.48. The van der Waals surface area contributed by atoms with Gasteiger partial charge in [-0.25, -0.2) is 4.39 Å². The van der Waals surface area contributed by atoms with Crippen molar-refractivity contribution in [2.45, 2.75) is 123 Å². The van der Waals surface area contributed by atoms with Crippen LogP contribution in [0.3, 0.4) is 0 Å². The third kappa shape index (κ3) is 6.59. The van der Waals surface area contributed by atoms with Gasteiger partial charge in [-0.15, -0.1) is 0 Å². The normalized spacial score (nSPS) is 53.8. The zero-order valence-electron chi connectivity index (χ0n) is 22.8. The standard InChI is InChI=1S/C23H45FN6O12/c24-10-11(29)21(37-7(2-25)14(10)33)40-18-6(28)1-5(27)13(32)20(18)42-23-17(36)19(9(4-31)39-23)41-22-12(30)16(35)15(34)8(3-26)38-22/h5-23,31-36H,1-4,25-30H2/t5-,6+,7-,8+,9-,10-,11-,12-,13+,14+,15-,16-,17-,18-,19-,20-,21-,22-,23+/m1/s1. The van der Waals surface area contributed by atoms with Crippen LogP contribution in [-0.2, 0) is 28.4 Å². The van der Waals surface area contributed by atoms with Gasteiger partial charge in [-0.2, -0.15) is 0 Å². The second-order valence-electron chi connectivity index (χ2n) is 11.2. The average molecular weight is 617 g/mol. The summed E-state index contributed by atoms with van der Waals surface area (Å²) in [4.78, 5) is 0. The molecule has 0 aromatic heterocycles. The molecule has 19 heteroatoms. The minimum absolute atomic E-state index is 0.0577. The first-order valence-electron chi connectivity index (χ1n) is 13.8. The van der Waals surface area contributed by atoms with E-state index in [1.807, 2.05) is 0 Å². The summed E-state index contributed by atoms with van der Waals surface area (Å²) >= 11 is 0. The summed E-state index contributed by atoms with van der Waals surface area (Å²) in [6.45, 7) is -1.07.